The van der Waals surface area contributed by atoms with Gasteiger partial charge < -0.3 is 34.3 Å². The SMILES string of the molecule is CC/C=C\C/C=C\C/C=C\C/C=C\C/C=C\C/C=C\CCCCC(=O)OC(COCCCCC/C=C\C/C=C\C/C=C\C/C=C\CC)COC1OC(CO)C(O)C(OS(=O)(=O)O)C1O. The van der Waals surface area contributed by atoms with Crippen LogP contribution in [0.15, 0.2) is 122 Å². The fourth-order valence-electron chi connectivity index (χ4n) is 6.13. The zero-order chi connectivity index (χ0) is 46.8. The topological polar surface area (TPSA) is 178 Å². The van der Waals surface area contributed by atoms with Crippen LogP contribution in [0.4, 0.5) is 0 Å². The standard InChI is InChI=1S/C51H80O12S/c1-3-5-7-9-11-13-15-17-19-21-22-23-24-25-26-28-30-32-34-36-38-40-47(53)61-45(44-60-51-49(55)50(63-64(56,57)58)48(54)46(42-52)62-51)43-59-41-39-37-35-33-31-29-27-20-18-16-14-12-10-8-6-4-2/h5-8,11-14,17-20,22-23,25-26,29-32,45-46,48-52,54-55H,3-4,9-10,15-16,21,24,27-28,33-44H2,1-2H3,(H,56,57,58)/b7-5-,8-6-,13-11-,14-12-,19-17-,20-18-,23-22-,26-25-,31-29-,32-30-. The van der Waals surface area contributed by atoms with Gasteiger partial charge >= 0.3 is 16.4 Å². The first-order valence-electron chi connectivity index (χ1n) is 23.3. The second-order valence-corrected chi connectivity index (χ2v) is 16.3. The summed E-state index contributed by atoms with van der Waals surface area (Å²) in [5.74, 6) is -0.459. The molecule has 0 aromatic carbocycles. The second-order valence-electron chi connectivity index (χ2n) is 15.2. The lowest BCUT2D eigenvalue weighted by Gasteiger charge is -2.41. The first-order chi connectivity index (χ1) is 31.1. The van der Waals surface area contributed by atoms with E-state index in [1.165, 1.54) is 0 Å². The van der Waals surface area contributed by atoms with E-state index in [1.54, 1.807) is 0 Å². The molecule has 362 valence electrons. The molecule has 0 aromatic heterocycles. The molecule has 4 N–H and O–H groups in total. The Balaban J connectivity index is 2.49. The average molecular weight is 917 g/mol. The zero-order valence-electron chi connectivity index (χ0n) is 38.5. The quantitative estimate of drug-likeness (QED) is 0.0200. The molecule has 0 aromatic rings. The first kappa shape index (κ1) is 58.5. The van der Waals surface area contributed by atoms with E-state index >= 15 is 0 Å². The van der Waals surface area contributed by atoms with Gasteiger partial charge in [0, 0.05) is 13.0 Å². The summed E-state index contributed by atoms with van der Waals surface area (Å²) in [6, 6.07) is 0. The molecular weight excluding hydrogens is 837 g/mol. The van der Waals surface area contributed by atoms with Crippen LogP contribution in [0.1, 0.15) is 129 Å². The molecule has 0 aliphatic carbocycles. The predicted octanol–water partition coefficient (Wildman–Crippen LogP) is 10.2. The Morgan fingerprint density at radius 1 is 0.594 bits per heavy atom. The van der Waals surface area contributed by atoms with Crippen LogP contribution in [-0.2, 0) is 38.3 Å². The number of hydrogen-bond donors (Lipinski definition) is 4. The van der Waals surface area contributed by atoms with Gasteiger partial charge in [-0.2, -0.15) is 8.42 Å². The number of ether oxygens (including phenoxy) is 4. The fourth-order valence-corrected chi connectivity index (χ4v) is 6.64. The van der Waals surface area contributed by atoms with Crippen molar-refractivity contribution in [3.8, 4) is 0 Å². The van der Waals surface area contributed by atoms with Crippen LogP contribution in [-0.4, -0.2) is 97.5 Å². The maximum atomic E-state index is 12.9. The Hall–Kier alpha value is -3.50. The number of unbranched alkanes of at least 4 members (excludes halogenated alkanes) is 5. The van der Waals surface area contributed by atoms with E-state index in [1.807, 2.05) is 0 Å². The van der Waals surface area contributed by atoms with E-state index in [0.29, 0.717) is 13.0 Å². The van der Waals surface area contributed by atoms with Crippen molar-refractivity contribution in [2.45, 2.75) is 166 Å². The fraction of sp³-hybridized carbons (Fsp3) is 0.588. The van der Waals surface area contributed by atoms with Crippen LogP contribution in [0.2, 0.25) is 0 Å². The van der Waals surface area contributed by atoms with Gasteiger partial charge in [0.25, 0.3) is 0 Å². The number of allylic oxidation sites excluding steroid dienone is 20. The molecule has 0 radical (unpaired) electrons. The van der Waals surface area contributed by atoms with Crippen molar-refractivity contribution in [1.82, 2.24) is 0 Å². The molecule has 1 aliphatic heterocycles. The Morgan fingerprint density at radius 3 is 1.47 bits per heavy atom. The number of aliphatic hydroxyl groups excluding tert-OH is 3. The van der Waals surface area contributed by atoms with Crippen molar-refractivity contribution < 1.29 is 56.2 Å². The summed E-state index contributed by atoms with van der Waals surface area (Å²) in [6.45, 7) is 3.59. The molecular formula is C51H80O12S. The molecule has 1 fully saturated rings. The van der Waals surface area contributed by atoms with Crippen molar-refractivity contribution in [3.05, 3.63) is 122 Å². The largest absolute Gasteiger partial charge is 0.457 e. The third kappa shape index (κ3) is 33.9. The Kier molecular flexibility index (Phi) is 37.5. The van der Waals surface area contributed by atoms with Gasteiger partial charge in [0.1, 0.15) is 30.5 Å². The summed E-state index contributed by atoms with van der Waals surface area (Å²) in [6.07, 6.45) is 49.5. The first-order valence-corrected chi connectivity index (χ1v) is 24.7. The minimum Gasteiger partial charge on any atom is -0.457 e. The average Bonchev–Trinajstić information content (AvgIpc) is 3.27. The van der Waals surface area contributed by atoms with Crippen LogP contribution in [0, 0.1) is 0 Å². The molecule has 0 spiro atoms. The van der Waals surface area contributed by atoms with E-state index in [2.05, 4.69) is 140 Å². The molecule has 13 heteroatoms. The maximum absolute atomic E-state index is 12.9. The number of rotatable bonds is 38. The smallest absolute Gasteiger partial charge is 0.397 e. The lowest BCUT2D eigenvalue weighted by atomic mass is 9.99. The van der Waals surface area contributed by atoms with Crippen LogP contribution in [0.5, 0.6) is 0 Å². The van der Waals surface area contributed by atoms with Gasteiger partial charge in [-0.25, -0.2) is 4.18 Å². The predicted molar refractivity (Wildman–Crippen MR) is 257 cm³/mol. The Labute approximate surface area is 385 Å². The molecule has 1 heterocycles. The summed E-state index contributed by atoms with van der Waals surface area (Å²) in [4.78, 5) is 12.9. The summed E-state index contributed by atoms with van der Waals surface area (Å²) in [5.41, 5.74) is 0. The Morgan fingerprint density at radius 2 is 1.03 bits per heavy atom. The highest BCUT2D eigenvalue weighted by Gasteiger charge is 2.48. The molecule has 6 unspecified atom stereocenters. The van der Waals surface area contributed by atoms with E-state index < -0.39 is 59.8 Å². The third-order valence-electron chi connectivity index (χ3n) is 9.58. The summed E-state index contributed by atoms with van der Waals surface area (Å²) < 4.78 is 59.0. The monoisotopic (exact) mass is 917 g/mol. The zero-order valence-corrected chi connectivity index (χ0v) is 39.3. The van der Waals surface area contributed by atoms with Crippen molar-refractivity contribution >= 4 is 16.4 Å². The van der Waals surface area contributed by atoms with Crippen molar-refractivity contribution in [2.24, 2.45) is 0 Å². The molecule has 64 heavy (non-hydrogen) atoms. The Bertz CT molecular complexity index is 1570. The molecule has 1 aliphatic rings. The molecule has 0 saturated carbocycles. The lowest BCUT2D eigenvalue weighted by Crippen LogP contribution is -2.60. The van der Waals surface area contributed by atoms with Gasteiger partial charge in [-0.05, 0) is 103 Å². The summed E-state index contributed by atoms with van der Waals surface area (Å²) in [5, 5.41) is 30.7. The number of hydrogen-bond acceptors (Lipinski definition) is 11. The molecule has 1 saturated heterocycles. The number of carbonyl (C=O) groups is 1. The van der Waals surface area contributed by atoms with Crippen molar-refractivity contribution in [2.75, 3.05) is 26.4 Å². The highest BCUT2D eigenvalue weighted by molar-refractivity contribution is 7.80. The molecule has 1 rings (SSSR count). The van der Waals surface area contributed by atoms with Gasteiger partial charge in [-0.15, -0.1) is 0 Å². The van der Waals surface area contributed by atoms with Crippen LogP contribution >= 0.6 is 0 Å². The van der Waals surface area contributed by atoms with Gasteiger partial charge in [-0.3, -0.25) is 9.35 Å². The van der Waals surface area contributed by atoms with Gasteiger partial charge in [0.05, 0.1) is 19.8 Å². The summed E-state index contributed by atoms with van der Waals surface area (Å²) >= 11 is 0. The molecule has 12 nitrogen and oxygen atoms in total. The van der Waals surface area contributed by atoms with Crippen LogP contribution in [0.3, 0.4) is 0 Å². The van der Waals surface area contributed by atoms with E-state index in [-0.39, 0.29) is 19.6 Å². The second kappa shape index (κ2) is 41.0. The van der Waals surface area contributed by atoms with Crippen LogP contribution in [0.25, 0.3) is 0 Å². The lowest BCUT2D eigenvalue weighted by molar-refractivity contribution is -0.301. The van der Waals surface area contributed by atoms with E-state index in [4.69, 9.17) is 23.5 Å². The van der Waals surface area contributed by atoms with Crippen LogP contribution < -0.4 is 0 Å². The number of esters is 1. The van der Waals surface area contributed by atoms with Crippen molar-refractivity contribution in [1.29, 1.82) is 0 Å². The van der Waals surface area contributed by atoms with Crippen molar-refractivity contribution in [3.63, 3.8) is 0 Å². The third-order valence-corrected chi connectivity index (χ3v) is 10.0. The highest BCUT2D eigenvalue weighted by atomic mass is 32.3. The summed E-state index contributed by atoms with van der Waals surface area (Å²) in [7, 11) is -5.08. The van der Waals surface area contributed by atoms with Gasteiger partial charge in [0.2, 0.25) is 0 Å². The molecule has 0 bridgehead atoms. The number of aliphatic hydroxyl groups is 3. The highest BCUT2D eigenvalue weighted by Crippen LogP contribution is 2.26. The van der Waals surface area contributed by atoms with E-state index in [0.717, 1.165) is 103 Å². The van der Waals surface area contributed by atoms with E-state index in [9.17, 15) is 28.5 Å². The van der Waals surface area contributed by atoms with Gasteiger partial charge in [0.15, 0.2) is 6.29 Å². The van der Waals surface area contributed by atoms with Gasteiger partial charge in [-0.1, -0.05) is 142 Å². The normalized spacial score (nSPS) is 20.9. The minimum absolute atomic E-state index is 0.0129. The maximum Gasteiger partial charge on any atom is 0.397 e. The molecule has 6 atom stereocenters. The number of carbonyl (C=O) groups excluding carboxylic acids is 1. The molecule has 0 amide bonds. The minimum atomic E-state index is -5.08.